The summed E-state index contributed by atoms with van der Waals surface area (Å²) < 4.78 is 14.8. The Morgan fingerprint density at radius 1 is 0.628 bits per heavy atom. The van der Waals surface area contributed by atoms with Gasteiger partial charge in [-0.25, -0.2) is 0 Å². The Hall–Kier alpha value is -3.25. The minimum absolute atomic E-state index is 0.0991. The first-order valence-corrected chi connectivity index (χ1v) is 22.3. The molecule has 0 saturated heterocycles. The summed E-state index contributed by atoms with van der Waals surface area (Å²) >= 11 is -4.13. The number of aromatic hydroxyl groups is 1. The van der Waals surface area contributed by atoms with Crippen LogP contribution in [0.1, 0.15) is 68.6 Å². The summed E-state index contributed by atoms with van der Waals surface area (Å²) in [6, 6.07) is 36.4. The Morgan fingerprint density at radius 2 is 1.00 bits per heavy atom. The number of phenols is 1. The zero-order valence-electron chi connectivity index (χ0n) is 26.7. The van der Waals surface area contributed by atoms with Gasteiger partial charge >= 0.3 is 264 Å². The van der Waals surface area contributed by atoms with Gasteiger partial charge in [-0.3, -0.25) is 0 Å². The summed E-state index contributed by atoms with van der Waals surface area (Å²) in [5, 5.41) is 10.8. The number of phenolic OH excluding ortho intramolecular Hbond substituents is 1. The van der Waals surface area contributed by atoms with E-state index in [4.69, 9.17) is 7.81 Å². The molecule has 5 heteroatoms. The first-order chi connectivity index (χ1) is 20.3. The molecule has 4 nitrogen and oxygen atoms in total. The van der Waals surface area contributed by atoms with Gasteiger partial charge in [-0.1, -0.05) is 0 Å². The maximum atomic E-state index is 14.2. The van der Waals surface area contributed by atoms with Crippen LogP contribution in [0.15, 0.2) is 109 Å². The minimum atomic E-state index is -4.13. The number of hydrogen-bond donors (Lipinski definition) is 1. The number of hydrogen-bond acceptors (Lipinski definition) is 4. The van der Waals surface area contributed by atoms with Crippen molar-refractivity contribution in [1.29, 1.82) is 0 Å². The molecule has 1 N–H and O–H groups in total. The van der Waals surface area contributed by atoms with Gasteiger partial charge in [0, 0.05) is 0 Å². The monoisotopic (exact) mass is 686 g/mol. The van der Waals surface area contributed by atoms with E-state index in [-0.39, 0.29) is 27.6 Å². The van der Waals surface area contributed by atoms with E-state index in [9.17, 15) is 9.90 Å². The zero-order chi connectivity index (χ0) is 31.3. The fraction of sp³-hybridized carbons (Fsp3) is 0.342. The molecule has 0 spiro atoms. The number of carbonyl (C=O) groups excluding carboxylic acids is 1. The molecule has 0 radical (unpaired) electrons. The van der Waals surface area contributed by atoms with Crippen molar-refractivity contribution in [1.82, 2.24) is 0 Å². The summed E-state index contributed by atoms with van der Waals surface area (Å²) in [6.45, 7) is 13.6. The van der Waals surface area contributed by atoms with E-state index >= 15 is 0 Å². The van der Waals surface area contributed by atoms with Crippen molar-refractivity contribution in [2.75, 3.05) is 7.11 Å². The van der Waals surface area contributed by atoms with Crippen molar-refractivity contribution in [3.63, 3.8) is 0 Å². The van der Waals surface area contributed by atoms with Crippen molar-refractivity contribution in [3.05, 3.63) is 131 Å². The molecule has 0 unspecified atom stereocenters. The molecule has 0 aromatic heterocycles. The van der Waals surface area contributed by atoms with Crippen LogP contribution in [0.25, 0.3) is 0 Å². The molecule has 4 rings (SSSR count). The third kappa shape index (κ3) is 8.03. The van der Waals surface area contributed by atoms with Crippen LogP contribution in [-0.2, 0) is 19.3 Å². The van der Waals surface area contributed by atoms with Crippen LogP contribution in [-0.4, -0.2) is 37.0 Å². The number of benzene rings is 4. The van der Waals surface area contributed by atoms with Crippen LogP contribution < -0.4 is 4.74 Å². The van der Waals surface area contributed by atoms with E-state index in [1.165, 1.54) is 22.8 Å². The SMILES string of the molecule is COc1ccc(O)c(C(=O)[O][Sn]([CH2]C(C)(C)c2ccccc2)([CH2]C(C)(C)c2ccccc2)[CH2]C(C)(C)c2ccccc2)c1. The van der Waals surface area contributed by atoms with E-state index < -0.39 is 24.8 Å². The Labute approximate surface area is 262 Å². The summed E-state index contributed by atoms with van der Waals surface area (Å²) in [7, 11) is 1.55. The van der Waals surface area contributed by atoms with E-state index in [0.29, 0.717) is 5.75 Å². The second kappa shape index (κ2) is 13.2. The average Bonchev–Trinajstić information content (AvgIpc) is 2.98. The number of ether oxygens (including phenoxy) is 1. The quantitative estimate of drug-likeness (QED) is 0.151. The van der Waals surface area contributed by atoms with E-state index in [1.54, 1.807) is 19.2 Å². The van der Waals surface area contributed by atoms with Gasteiger partial charge in [-0.2, -0.15) is 0 Å². The van der Waals surface area contributed by atoms with Gasteiger partial charge in [0.1, 0.15) is 0 Å². The topological polar surface area (TPSA) is 55.8 Å². The van der Waals surface area contributed by atoms with Crippen LogP contribution in [0.3, 0.4) is 0 Å². The molecule has 4 aromatic carbocycles. The third-order valence-electron chi connectivity index (χ3n) is 8.69. The van der Waals surface area contributed by atoms with Crippen LogP contribution in [0, 0.1) is 0 Å². The first kappa shape index (κ1) is 32.7. The molecule has 0 heterocycles. The van der Waals surface area contributed by atoms with Crippen molar-refractivity contribution >= 4 is 24.8 Å². The molecule has 0 amide bonds. The molecular weight excluding hydrogens is 639 g/mol. The Kier molecular flexibility index (Phi) is 10.0. The molecule has 0 fully saturated rings. The average molecular weight is 685 g/mol. The predicted octanol–water partition coefficient (Wildman–Crippen LogP) is 9.44. The maximum absolute atomic E-state index is 14.2. The molecule has 43 heavy (non-hydrogen) atoms. The fourth-order valence-corrected chi connectivity index (χ4v) is 25.4. The number of carbonyl (C=O) groups is 1. The van der Waals surface area contributed by atoms with Gasteiger partial charge in [-0.15, -0.1) is 0 Å². The van der Waals surface area contributed by atoms with Crippen LogP contribution in [0.2, 0.25) is 13.3 Å². The molecule has 4 aromatic rings. The molecule has 0 aliphatic carbocycles. The first-order valence-electron chi connectivity index (χ1n) is 15.0. The molecule has 0 aliphatic heterocycles. The Morgan fingerprint density at radius 3 is 1.35 bits per heavy atom. The molecule has 0 atom stereocenters. The van der Waals surface area contributed by atoms with Crippen LogP contribution in [0.4, 0.5) is 0 Å². The molecular formula is C38H46O4Sn. The van der Waals surface area contributed by atoms with Gasteiger partial charge < -0.3 is 0 Å². The molecule has 0 saturated carbocycles. The van der Waals surface area contributed by atoms with Gasteiger partial charge in [-0.05, 0) is 0 Å². The second-order valence-corrected chi connectivity index (χ2v) is 24.1. The van der Waals surface area contributed by atoms with E-state index in [1.807, 2.05) is 18.2 Å². The van der Waals surface area contributed by atoms with Gasteiger partial charge in [0.05, 0.1) is 0 Å². The van der Waals surface area contributed by atoms with Crippen molar-refractivity contribution < 1.29 is 17.7 Å². The number of methoxy groups -OCH3 is 1. The van der Waals surface area contributed by atoms with Crippen LogP contribution in [0.5, 0.6) is 11.5 Å². The Bertz CT molecular complexity index is 1370. The predicted molar refractivity (Wildman–Crippen MR) is 179 cm³/mol. The Balaban J connectivity index is 1.90. The summed E-state index contributed by atoms with van der Waals surface area (Å²) in [5.41, 5.74) is 3.10. The van der Waals surface area contributed by atoms with Gasteiger partial charge in [0.25, 0.3) is 0 Å². The zero-order valence-corrected chi connectivity index (χ0v) is 29.5. The molecule has 226 valence electrons. The summed E-state index contributed by atoms with van der Waals surface area (Å²) in [5.74, 6) is -0.0638. The van der Waals surface area contributed by atoms with Crippen molar-refractivity contribution in [2.45, 2.75) is 71.1 Å². The fourth-order valence-electron chi connectivity index (χ4n) is 6.74. The summed E-state index contributed by atoms with van der Waals surface area (Å²) in [6.07, 6.45) is 0. The van der Waals surface area contributed by atoms with Crippen molar-refractivity contribution in [2.24, 2.45) is 0 Å². The van der Waals surface area contributed by atoms with E-state index in [0.717, 1.165) is 13.3 Å². The second-order valence-electron chi connectivity index (χ2n) is 13.7. The number of rotatable bonds is 12. The third-order valence-corrected chi connectivity index (χ3v) is 23.5. The normalized spacial score (nSPS) is 12.5. The van der Waals surface area contributed by atoms with Gasteiger partial charge in [0.2, 0.25) is 0 Å². The van der Waals surface area contributed by atoms with Gasteiger partial charge in [0.15, 0.2) is 0 Å². The van der Waals surface area contributed by atoms with Crippen molar-refractivity contribution in [3.8, 4) is 11.5 Å². The van der Waals surface area contributed by atoms with Crippen LogP contribution >= 0.6 is 0 Å². The summed E-state index contributed by atoms with van der Waals surface area (Å²) in [4.78, 5) is 14.2. The molecule has 0 bridgehead atoms. The van der Waals surface area contributed by atoms with E-state index in [2.05, 4.69) is 114 Å². The molecule has 0 aliphatic rings. The standard InChI is InChI=1S/3C10H13.C8H8O4.Sn/c3*1-10(2,3)9-7-5-4-6-8-9;1-12-5-2-3-7(9)6(4-5)8(10)11;/h3*4-8H,1H2,2-3H3;2-4,9H,1H3,(H,10,11);/q;;;;+1/p-1.